The Morgan fingerprint density at radius 2 is 1.64 bits per heavy atom. The highest BCUT2D eigenvalue weighted by molar-refractivity contribution is 5.94. The number of aromatic nitrogens is 2. The molecule has 1 aliphatic heterocycles. The van der Waals surface area contributed by atoms with E-state index in [1.54, 1.807) is 30.7 Å². The predicted molar refractivity (Wildman–Crippen MR) is 128 cm³/mol. The molecular formula is C27H30N4O2. The molecule has 3 aromatic rings. The van der Waals surface area contributed by atoms with Crippen LogP contribution >= 0.6 is 0 Å². The molecule has 0 aliphatic carbocycles. The molecule has 1 aliphatic rings. The fourth-order valence-corrected chi connectivity index (χ4v) is 4.45. The Kier molecular flexibility index (Phi) is 6.82. The molecule has 2 aromatic heterocycles. The van der Waals surface area contributed by atoms with Gasteiger partial charge in [0.25, 0.3) is 5.91 Å². The number of likely N-dealkylation sites (tertiary alicyclic amines) is 1. The van der Waals surface area contributed by atoms with Gasteiger partial charge in [-0.05, 0) is 68.0 Å². The van der Waals surface area contributed by atoms with E-state index in [0.29, 0.717) is 37.9 Å². The van der Waals surface area contributed by atoms with Crippen molar-refractivity contribution in [2.75, 3.05) is 13.1 Å². The summed E-state index contributed by atoms with van der Waals surface area (Å²) < 4.78 is 0. The molecule has 1 aromatic carbocycles. The number of carbonyl (C=O) groups is 2. The van der Waals surface area contributed by atoms with E-state index in [1.165, 1.54) is 0 Å². The summed E-state index contributed by atoms with van der Waals surface area (Å²) in [6, 6.07) is 15.9. The summed E-state index contributed by atoms with van der Waals surface area (Å²) in [6.07, 6.45) is 8.79. The standard InChI is InChI=1S/C27H30N4O2/c1-20(2)30-26(33)27(11-16-31(17-12-27)25(32)23-9-14-28-15-10-23)18-21-5-7-22(8-6-21)24-4-3-13-29-19-24/h3-10,13-15,19-20H,11-12,16-18H2,1-2H3,(H,30,33). The highest BCUT2D eigenvalue weighted by Crippen LogP contribution is 2.36. The van der Waals surface area contributed by atoms with Gasteiger partial charge in [-0.3, -0.25) is 19.6 Å². The minimum Gasteiger partial charge on any atom is -0.353 e. The Morgan fingerprint density at radius 3 is 2.24 bits per heavy atom. The van der Waals surface area contributed by atoms with E-state index in [1.807, 2.05) is 37.1 Å². The highest BCUT2D eigenvalue weighted by Gasteiger charge is 2.42. The van der Waals surface area contributed by atoms with Gasteiger partial charge in [0.1, 0.15) is 0 Å². The van der Waals surface area contributed by atoms with Gasteiger partial charge in [-0.25, -0.2) is 0 Å². The van der Waals surface area contributed by atoms with Gasteiger partial charge in [0.2, 0.25) is 5.91 Å². The Bertz CT molecular complexity index is 1070. The molecule has 6 heteroatoms. The predicted octanol–water partition coefficient (Wildman–Crippen LogP) is 4.13. The van der Waals surface area contributed by atoms with Crippen molar-refractivity contribution < 1.29 is 9.59 Å². The third-order valence-electron chi connectivity index (χ3n) is 6.33. The third kappa shape index (κ3) is 5.28. The Hall–Kier alpha value is -3.54. The van der Waals surface area contributed by atoms with Gasteiger partial charge in [0.15, 0.2) is 0 Å². The van der Waals surface area contributed by atoms with Gasteiger partial charge in [-0.15, -0.1) is 0 Å². The number of nitrogens with one attached hydrogen (secondary N) is 1. The summed E-state index contributed by atoms with van der Waals surface area (Å²) >= 11 is 0. The number of carbonyl (C=O) groups excluding carboxylic acids is 2. The second-order valence-electron chi connectivity index (χ2n) is 9.05. The van der Waals surface area contributed by atoms with Crippen LogP contribution in [-0.4, -0.2) is 45.8 Å². The second kappa shape index (κ2) is 9.94. The van der Waals surface area contributed by atoms with Crippen LogP contribution in [0.2, 0.25) is 0 Å². The summed E-state index contributed by atoms with van der Waals surface area (Å²) in [5.74, 6) is 0.0703. The fourth-order valence-electron chi connectivity index (χ4n) is 4.45. The molecule has 4 rings (SSSR count). The van der Waals surface area contributed by atoms with Crippen LogP contribution in [0.3, 0.4) is 0 Å². The SMILES string of the molecule is CC(C)NC(=O)C1(Cc2ccc(-c3cccnc3)cc2)CCN(C(=O)c2ccncc2)CC1. The van der Waals surface area contributed by atoms with Crippen molar-refractivity contribution >= 4 is 11.8 Å². The summed E-state index contributed by atoms with van der Waals surface area (Å²) in [4.78, 5) is 36.3. The van der Waals surface area contributed by atoms with Crippen molar-refractivity contribution in [2.24, 2.45) is 5.41 Å². The molecule has 170 valence electrons. The first kappa shape index (κ1) is 22.6. The monoisotopic (exact) mass is 442 g/mol. The normalized spacial score (nSPS) is 15.3. The number of benzene rings is 1. The van der Waals surface area contributed by atoms with Crippen LogP contribution in [0.25, 0.3) is 11.1 Å². The Balaban J connectivity index is 1.51. The minimum atomic E-state index is -0.533. The first-order valence-electron chi connectivity index (χ1n) is 11.5. The number of piperidine rings is 1. The lowest BCUT2D eigenvalue weighted by Gasteiger charge is -2.41. The molecule has 0 radical (unpaired) electrons. The molecule has 0 saturated carbocycles. The third-order valence-corrected chi connectivity index (χ3v) is 6.33. The van der Waals surface area contributed by atoms with Crippen molar-refractivity contribution in [2.45, 2.75) is 39.2 Å². The summed E-state index contributed by atoms with van der Waals surface area (Å²) in [5, 5.41) is 3.13. The number of hydrogen-bond acceptors (Lipinski definition) is 4. The number of amides is 2. The van der Waals surface area contributed by atoms with Gasteiger partial charge < -0.3 is 10.2 Å². The largest absolute Gasteiger partial charge is 0.353 e. The van der Waals surface area contributed by atoms with Crippen molar-refractivity contribution in [3.63, 3.8) is 0 Å². The number of nitrogens with zero attached hydrogens (tertiary/aromatic N) is 3. The van der Waals surface area contributed by atoms with Gasteiger partial charge in [-0.1, -0.05) is 30.3 Å². The van der Waals surface area contributed by atoms with Gasteiger partial charge >= 0.3 is 0 Å². The van der Waals surface area contributed by atoms with Crippen LogP contribution in [0, 0.1) is 5.41 Å². The van der Waals surface area contributed by atoms with Crippen molar-refractivity contribution in [3.05, 3.63) is 84.4 Å². The molecule has 2 amide bonds. The van der Waals surface area contributed by atoms with Gasteiger partial charge in [0, 0.05) is 49.5 Å². The summed E-state index contributed by atoms with van der Waals surface area (Å²) in [7, 11) is 0. The number of pyridine rings is 2. The molecule has 33 heavy (non-hydrogen) atoms. The van der Waals surface area contributed by atoms with Gasteiger partial charge in [0.05, 0.1) is 5.41 Å². The maximum Gasteiger partial charge on any atom is 0.253 e. The second-order valence-corrected chi connectivity index (χ2v) is 9.05. The first-order chi connectivity index (χ1) is 16.0. The van der Waals surface area contributed by atoms with E-state index in [4.69, 9.17) is 0 Å². The zero-order chi connectivity index (χ0) is 23.3. The van der Waals surface area contributed by atoms with Crippen LogP contribution in [0.5, 0.6) is 0 Å². The van der Waals surface area contributed by atoms with Crippen LogP contribution in [-0.2, 0) is 11.2 Å². The van der Waals surface area contributed by atoms with E-state index < -0.39 is 5.41 Å². The minimum absolute atomic E-state index is 0.00362. The zero-order valence-electron chi connectivity index (χ0n) is 19.2. The van der Waals surface area contributed by atoms with E-state index in [2.05, 4.69) is 39.6 Å². The molecule has 3 heterocycles. The van der Waals surface area contributed by atoms with Crippen LogP contribution in [0.1, 0.15) is 42.6 Å². The molecule has 0 unspecified atom stereocenters. The first-order valence-corrected chi connectivity index (χ1v) is 11.5. The average Bonchev–Trinajstić information content (AvgIpc) is 2.85. The van der Waals surface area contributed by atoms with Crippen LogP contribution in [0.4, 0.5) is 0 Å². The number of hydrogen-bond donors (Lipinski definition) is 1. The van der Waals surface area contributed by atoms with E-state index in [-0.39, 0.29) is 17.9 Å². The molecule has 6 nitrogen and oxygen atoms in total. The quantitative estimate of drug-likeness (QED) is 0.623. The molecular weight excluding hydrogens is 412 g/mol. The molecule has 1 N–H and O–H groups in total. The molecule has 1 fully saturated rings. The Morgan fingerprint density at radius 1 is 0.939 bits per heavy atom. The maximum atomic E-state index is 13.3. The molecule has 0 bridgehead atoms. The number of rotatable bonds is 6. The lowest BCUT2D eigenvalue weighted by atomic mass is 9.72. The summed E-state index contributed by atoms with van der Waals surface area (Å²) in [5.41, 5.74) is 3.39. The molecule has 0 atom stereocenters. The topological polar surface area (TPSA) is 75.2 Å². The van der Waals surface area contributed by atoms with Crippen molar-refractivity contribution in [1.29, 1.82) is 0 Å². The van der Waals surface area contributed by atoms with E-state index in [0.717, 1.165) is 16.7 Å². The lowest BCUT2D eigenvalue weighted by Crippen LogP contribution is -2.52. The average molecular weight is 443 g/mol. The van der Waals surface area contributed by atoms with Gasteiger partial charge in [-0.2, -0.15) is 0 Å². The lowest BCUT2D eigenvalue weighted by molar-refractivity contribution is -0.134. The maximum absolute atomic E-state index is 13.3. The summed E-state index contributed by atoms with van der Waals surface area (Å²) in [6.45, 7) is 5.08. The smallest absolute Gasteiger partial charge is 0.253 e. The van der Waals surface area contributed by atoms with Crippen LogP contribution < -0.4 is 5.32 Å². The van der Waals surface area contributed by atoms with Crippen molar-refractivity contribution in [3.8, 4) is 11.1 Å². The van der Waals surface area contributed by atoms with Crippen molar-refractivity contribution in [1.82, 2.24) is 20.2 Å². The molecule has 0 spiro atoms. The fraction of sp³-hybridized carbons (Fsp3) is 0.333. The highest BCUT2D eigenvalue weighted by atomic mass is 16.2. The van der Waals surface area contributed by atoms with Crippen LogP contribution in [0.15, 0.2) is 73.3 Å². The van der Waals surface area contributed by atoms with E-state index in [9.17, 15) is 9.59 Å². The molecule has 1 saturated heterocycles. The Labute approximate surface area is 195 Å². The van der Waals surface area contributed by atoms with E-state index >= 15 is 0 Å². The zero-order valence-corrected chi connectivity index (χ0v) is 19.2.